The molecule has 0 saturated carbocycles. The van der Waals surface area contributed by atoms with Crippen LogP contribution in [0.15, 0.2) is 23.2 Å². The number of hydrogen-bond acceptors (Lipinski definition) is 4. The molecular weight excluding hydrogens is 476 g/mol. The van der Waals surface area contributed by atoms with E-state index in [1.807, 2.05) is 19.9 Å². The average Bonchev–Trinajstić information content (AvgIpc) is 3.22. The first-order chi connectivity index (χ1) is 13.2. The van der Waals surface area contributed by atoms with Crippen LogP contribution in [0.2, 0.25) is 0 Å². The lowest BCUT2D eigenvalue weighted by molar-refractivity contribution is -0.0817. The van der Waals surface area contributed by atoms with Crippen LogP contribution < -0.4 is 10.1 Å². The quantitative estimate of drug-likeness (QED) is 0.364. The lowest BCUT2D eigenvalue weighted by Crippen LogP contribution is -2.53. The molecule has 158 valence electrons. The number of hydrogen-bond donors (Lipinski definition) is 1. The van der Waals surface area contributed by atoms with Gasteiger partial charge in [-0.3, -0.25) is 0 Å². The number of rotatable bonds is 6. The molecule has 2 unspecified atom stereocenters. The van der Waals surface area contributed by atoms with Crippen LogP contribution in [0.25, 0.3) is 0 Å². The second kappa shape index (κ2) is 11.8. The highest BCUT2D eigenvalue weighted by Gasteiger charge is 2.32. The van der Waals surface area contributed by atoms with Crippen LogP contribution >= 0.6 is 24.0 Å². The van der Waals surface area contributed by atoms with Crippen molar-refractivity contribution in [1.82, 2.24) is 10.2 Å². The van der Waals surface area contributed by atoms with Gasteiger partial charge in [-0.1, -0.05) is 6.07 Å². The van der Waals surface area contributed by atoms with Crippen LogP contribution in [0.1, 0.15) is 32.3 Å². The van der Waals surface area contributed by atoms with Crippen molar-refractivity contribution in [1.29, 1.82) is 0 Å². The Kier molecular flexibility index (Phi) is 9.73. The van der Waals surface area contributed by atoms with Crippen molar-refractivity contribution in [3.8, 4) is 5.75 Å². The van der Waals surface area contributed by atoms with Gasteiger partial charge in [0.05, 0.1) is 25.9 Å². The molecular formula is C20H31FIN3O3. The van der Waals surface area contributed by atoms with Crippen LogP contribution in [0.4, 0.5) is 4.39 Å². The predicted molar refractivity (Wildman–Crippen MR) is 118 cm³/mol. The summed E-state index contributed by atoms with van der Waals surface area (Å²) in [6.07, 6.45) is 2.41. The molecule has 2 fully saturated rings. The Bertz CT molecular complexity index is 641. The third-order valence-electron chi connectivity index (χ3n) is 4.81. The van der Waals surface area contributed by atoms with Gasteiger partial charge >= 0.3 is 0 Å². The van der Waals surface area contributed by atoms with Crippen LogP contribution in [0.5, 0.6) is 5.75 Å². The van der Waals surface area contributed by atoms with E-state index in [4.69, 9.17) is 19.2 Å². The molecule has 0 radical (unpaired) electrons. The molecule has 1 N–H and O–H groups in total. The van der Waals surface area contributed by atoms with Crippen molar-refractivity contribution in [3.63, 3.8) is 0 Å². The standard InChI is InChI=1S/C20H30FN3O3.HI/c1-3-22-20(23-13-15-7-8-17(25-4-2)16(21)12-15)24-9-11-27-19(14-24)18-6-5-10-26-18;/h7-8,12,18-19H,3-6,9-11,13-14H2,1-2H3,(H,22,23);1H. The normalized spacial score (nSPS) is 22.7. The van der Waals surface area contributed by atoms with Crippen molar-refractivity contribution < 1.29 is 18.6 Å². The second-order valence-corrected chi connectivity index (χ2v) is 6.77. The van der Waals surface area contributed by atoms with E-state index in [1.165, 1.54) is 6.07 Å². The van der Waals surface area contributed by atoms with E-state index < -0.39 is 0 Å². The average molecular weight is 507 g/mol. The maximum atomic E-state index is 14.1. The molecule has 2 atom stereocenters. The number of nitrogens with zero attached hydrogens (tertiary/aromatic N) is 2. The SMILES string of the molecule is CCNC(=NCc1ccc(OCC)c(F)c1)N1CCOC(C2CCCO2)C1.I. The number of aliphatic imine (C=N–C) groups is 1. The summed E-state index contributed by atoms with van der Waals surface area (Å²) in [6, 6.07) is 5.01. The molecule has 2 saturated heterocycles. The Labute approximate surface area is 183 Å². The van der Waals surface area contributed by atoms with Crippen LogP contribution in [0, 0.1) is 5.82 Å². The van der Waals surface area contributed by atoms with Crippen molar-refractivity contribution >= 4 is 29.9 Å². The summed E-state index contributed by atoms with van der Waals surface area (Å²) < 4.78 is 31.0. The lowest BCUT2D eigenvalue weighted by atomic mass is 10.1. The highest BCUT2D eigenvalue weighted by atomic mass is 127. The maximum absolute atomic E-state index is 14.1. The summed E-state index contributed by atoms with van der Waals surface area (Å²) in [5, 5.41) is 3.34. The molecule has 0 amide bonds. The fraction of sp³-hybridized carbons (Fsp3) is 0.650. The summed E-state index contributed by atoms with van der Waals surface area (Å²) in [5.74, 6) is 0.766. The monoisotopic (exact) mass is 507 g/mol. The number of halogens is 2. The molecule has 2 aliphatic rings. The van der Waals surface area contributed by atoms with Crippen LogP contribution in [-0.4, -0.2) is 62.5 Å². The van der Waals surface area contributed by atoms with E-state index in [1.54, 1.807) is 6.07 Å². The number of ether oxygens (including phenoxy) is 3. The van der Waals surface area contributed by atoms with E-state index in [0.717, 1.165) is 50.6 Å². The molecule has 3 rings (SSSR count). The minimum atomic E-state index is -0.348. The van der Waals surface area contributed by atoms with Crippen molar-refractivity contribution in [2.75, 3.05) is 39.5 Å². The molecule has 0 bridgehead atoms. The maximum Gasteiger partial charge on any atom is 0.194 e. The van der Waals surface area contributed by atoms with Gasteiger partial charge in [-0.15, -0.1) is 24.0 Å². The zero-order valence-electron chi connectivity index (χ0n) is 16.7. The van der Waals surface area contributed by atoms with E-state index in [2.05, 4.69) is 10.2 Å². The van der Waals surface area contributed by atoms with Crippen LogP contribution in [-0.2, 0) is 16.0 Å². The molecule has 1 aromatic carbocycles. The first-order valence-electron chi connectivity index (χ1n) is 9.89. The summed E-state index contributed by atoms with van der Waals surface area (Å²) >= 11 is 0. The molecule has 0 aliphatic carbocycles. The number of nitrogens with one attached hydrogen (secondary N) is 1. The third-order valence-corrected chi connectivity index (χ3v) is 4.81. The van der Waals surface area contributed by atoms with E-state index in [0.29, 0.717) is 19.8 Å². The van der Waals surface area contributed by atoms with Crippen LogP contribution in [0.3, 0.4) is 0 Å². The van der Waals surface area contributed by atoms with Crippen molar-refractivity contribution in [2.24, 2.45) is 4.99 Å². The Morgan fingerprint density at radius 2 is 2.11 bits per heavy atom. The van der Waals surface area contributed by atoms with E-state index >= 15 is 0 Å². The first-order valence-corrected chi connectivity index (χ1v) is 9.89. The van der Waals surface area contributed by atoms with Gasteiger partial charge in [-0.2, -0.15) is 0 Å². The predicted octanol–water partition coefficient (Wildman–Crippen LogP) is 3.19. The molecule has 0 aromatic heterocycles. The van der Waals surface area contributed by atoms with E-state index in [9.17, 15) is 4.39 Å². The minimum Gasteiger partial charge on any atom is -0.491 e. The molecule has 2 heterocycles. The van der Waals surface area contributed by atoms with E-state index in [-0.39, 0.29) is 47.8 Å². The second-order valence-electron chi connectivity index (χ2n) is 6.77. The van der Waals surface area contributed by atoms with Gasteiger partial charge in [0.25, 0.3) is 0 Å². The van der Waals surface area contributed by atoms with Gasteiger partial charge in [-0.05, 0) is 44.4 Å². The molecule has 6 nitrogen and oxygen atoms in total. The van der Waals surface area contributed by atoms with Gasteiger partial charge in [0.1, 0.15) is 6.10 Å². The number of benzene rings is 1. The van der Waals surface area contributed by atoms with Gasteiger partial charge < -0.3 is 24.4 Å². The zero-order chi connectivity index (χ0) is 19.1. The smallest absolute Gasteiger partial charge is 0.194 e. The summed E-state index contributed by atoms with van der Waals surface area (Å²) in [6.45, 7) is 8.54. The molecule has 1 aromatic rings. The molecule has 8 heteroatoms. The fourth-order valence-electron chi connectivity index (χ4n) is 3.50. The highest BCUT2D eigenvalue weighted by molar-refractivity contribution is 14.0. The molecule has 0 spiro atoms. The Morgan fingerprint density at radius 3 is 2.79 bits per heavy atom. The Hall–Kier alpha value is -1.13. The summed E-state index contributed by atoms with van der Waals surface area (Å²) in [4.78, 5) is 6.93. The Balaban J connectivity index is 0.00000280. The largest absolute Gasteiger partial charge is 0.491 e. The third kappa shape index (κ3) is 6.18. The van der Waals surface area contributed by atoms with Gasteiger partial charge in [0.15, 0.2) is 17.5 Å². The number of morpholine rings is 1. The fourth-order valence-corrected chi connectivity index (χ4v) is 3.50. The van der Waals surface area contributed by atoms with Gasteiger partial charge in [0.2, 0.25) is 0 Å². The van der Waals surface area contributed by atoms with Gasteiger partial charge in [-0.25, -0.2) is 9.38 Å². The minimum absolute atomic E-state index is 0. The lowest BCUT2D eigenvalue weighted by Gasteiger charge is -2.37. The highest BCUT2D eigenvalue weighted by Crippen LogP contribution is 2.22. The molecule has 2 aliphatic heterocycles. The first kappa shape index (κ1) is 23.2. The molecule has 28 heavy (non-hydrogen) atoms. The van der Waals surface area contributed by atoms with Crippen molar-refractivity contribution in [3.05, 3.63) is 29.6 Å². The number of guanidine groups is 1. The van der Waals surface area contributed by atoms with Gasteiger partial charge in [0, 0.05) is 26.2 Å². The van der Waals surface area contributed by atoms with Crippen molar-refractivity contribution in [2.45, 2.75) is 45.4 Å². The zero-order valence-corrected chi connectivity index (χ0v) is 19.0. The Morgan fingerprint density at radius 1 is 1.29 bits per heavy atom. The summed E-state index contributed by atoms with van der Waals surface area (Å²) in [5.41, 5.74) is 0.815. The topological polar surface area (TPSA) is 55.3 Å². The summed E-state index contributed by atoms with van der Waals surface area (Å²) in [7, 11) is 0.